The molecule has 2 N–H and O–H groups in total. The molecule has 114 valence electrons. The molecule has 0 spiro atoms. The summed E-state index contributed by atoms with van der Waals surface area (Å²) in [6.07, 6.45) is 3.64. The highest BCUT2D eigenvalue weighted by molar-refractivity contribution is 5.98. The number of nitrogens with one attached hydrogen (secondary N) is 1. The van der Waals surface area contributed by atoms with Gasteiger partial charge in [-0.25, -0.2) is 9.48 Å². The van der Waals surface area contributed by atoms with E-state index in [-0.39, 0.29) is 5.91 Å². The molecule has 0 atom stereocenters. The van der Waals surface area contributed by atoms with E-state index in [1.807, 2.05) is 19.2 Å². The van der Waals surface area contributed by atoms with Crippen LogP contribution in [0, 0.1) is 6.92 Å². The SMILES string of the molecule is Cc1ccn(-c2ccc(C(=O)NC3(C(=O)O)CCC3)cc2)n1. The Hall–Kier alpha value is -2.63. The molecule has 1 aliphatic carbocycles. The highest BCUT2D eigenvalue weighted by atomic mass is 16.4. The van der Waals surface area contributed by atoms with Crippen molar-refractivity contribution in [1.82, 2.24) is 15.1 Å². The second-order valence-electron chi connectivity index (χ2n) is 5.64. The van der Waals surface area contributed by atoms with E-state index in [9.17, 15) is 14.7 Å². The number of carboxylic acid groups (broad SMARTS) is 1. The highest BCUT2D eigenvalue weighted by Crippen LogP contribution is 2.32. The van der Waals surface area contributed by atoms with Gasteiger partial charge in [0.2, 0.25) is 0 Å². The number of nitrogens with zero attached hydrogens (tertiary/aromatic N) is 2. The fourth-order valence-electron chi connectivity index (χ4n) is 2.54. The average Bonchev–Trinajstić information content (AvgIpc) is 2.89. The lowest BCUT2D eigenvalue weighted by molar-refractivity contribution is -0.148. The average molecular weight is 299 g/mol. The zero-order chi connectivity index (χ0) is 15.7. The van der Waals surface area contributed by atoms with Crippen molar-refractivity contribution in [2.24, 2.45) is 0 Å². The smallest absolute Gasteiger partial charge is 0.329 e. The lowest BCUT2D eigenvalue weighted by Crippen LogP contribution is -2.59. The van der Waals surface area contributed by atoms with Crippen molar-refractivity contribution in [2.45, 2.75) is 31.7 Å². The molecule has 6 nitrogen and oxygen atoms in total. The summed E-state index contributed by atoms with van der Waals surface area (Å²) < 4.78 is 1.72. The predicted molar refractivity (Wildman–Crippen MR) is 80.0 cm³/mol. The van der Waals surface area contributed by atoms with Crippen molar-refractivity contribution in [3.63, 3.8) is 0 Å². The van der Waals surface area contributed by atoms with Crippen molar-refractivity contribution in [3.05, 3.63) is 47.8 Å². The van der Waals surface area contributed by atoms with Gasteiger partial charge in [0, 0.05) is 11.8 Å². The molecule has 1 heterocycles. The third-order valence-electron chi connectivity index (χ3n) is 4.09. The molecule has 1 amide bonds. The lowest BCUT2D eigenvalue weighted by atomic mass is 9.76. The zero-order valence-electron chi connectivity index (χ0n) is 12.2. The number of rotatable bonds is 4. The van der Waals surface area contributed by atoms with Gasteiger partial charge < -0.3 is 10.4 Å². The normalized spacial score (nSPS) is 15.9. The van der Waals surface area contributed by atoms with E-state index in [1.165, 1.54) is 0 Å². The van der Waals surface area contributed by atoms with E-state index < -0.39 is 11.5 Å². The molecule has 1 saturated carbocycles. The van der Waals surface area contributed by atoms with Gasteiger partial charge in [0.1, 0.15) is 5.54 Å². The summed E-state index contributed by atoms with van der Waals surface area (Å²) in [5, 5.41) is 16.2. The topological polar surface area (TPSA) is 84.2 Å². The summed E-state index contributed by atoms with van der Waals surface area (Å²) in [6, 6.07) is 8.82. The Labute approximate surface area is 127 Å². The van der Waals surface area contributed by atoms with Crippen LogP contribution in [0.3, 0.4) is 0 Å². The monoisotopic (exact) mass is 299 g/mol. The van der Waals surface area contributed by atoms with Crippen LogP contribution in [0.4, 0.5) is 0 Å². The van der Waals surface area contributed by atoms with E-state index in [4.69, 9.17) is 0 Å². The molecule has 1 aromatic heterocycles. The molecular formula is C16H17N3O3. The summed E-state index contributed by atoms with van der Waals surface area (Å²) in [7, 11) is 0. The molecule has 0 saturated heterocycles. The zero-order valence-corrected chi connectivity index (χ0v) is 12.2. The van der Waals surface area contributed by atoms with Crippen LogP contribution in [0.1, 0.15) is 35.3 Å². The van der Waals surface area contributed by atoms with Crippen molar-refractivity contribution < 1.29 is 14.7 Å². The largest absolute Gasteiger partial charge is 0.480 e. The van der Waals surface area contributed by atoms with Gasteiger partial charge in [-0.15, -0.1) is 0 Å². The fraction of sp³-hybridized carbons (Fsp3) is 0.312. The van der Waals surface area contributed by atoms with Crippen LogP contribution >= 0.6 is 0 Å². The number of amides is 1. The minimum absolute atomic E-state index is 0.356. The number of hydrogen-bond acceptors (Lipinski definition) is 3. The summed E-state index contributed by atoms with van der Waals surface area (Å²) in [6.45, 7) is 1.91. The first-order chi connectivity index (χ1) is 10.5. The van der Waals surface area contributed by atoms with E-state index in [0.717, 1.165) is 17.8 Å². The van der Waals surface area contributed by atoms with Gasteiger partial charge in [-0.2, -0.15) is 5.10 Å². The Morgan fingerprint density at radius 1 is 1.23 bits per heavy atom. The number of carbonyl (C=O) groups is 2. The Morgan fingerprint density at radius 3 is 2.36 bits per heavy atom. The molecular weight excluding hydrogens is 282 g/mol. The minimum Gasteiger partial charge on any atom is -0.480 e. The fourth-order valence-corrected chi connectivity index (χ4v) is 2.54. The lowest BCUT2D eigenvalue weighted by Gasteiger charge is -2.38. The quantitative estimate of drug-likeness (QED) is 0.903. The Morgan fingerprint density at radius 2 is 1.91 bits per heavy atom. The molecule has 0 radical (unpaired) electrons. The first kappa shape index (κ1) is 14.3. The molecule has 3 rings (SSSR count). The van der Waals surface area contributed by atoms with Crippen LogP contribution in [-0.2, 0) is 4.79 Å². The van der Waals surface area contributed by atoms with Crippen LogP contribution < -0.4 is 5.32 Å². The van der Waals surface area contributed by atoms with Gasteiger partial charge in [-0.05, 0) is 56.5 Å². The van der Waals surface area contributed by atoms with Crippen LogP contribution in [0.5, 0.6) is 0 Å². The standard InChI is InChI=1S/C16H17N3O3/c1-11-7-10-19(18-11)13-5-3-12(4-6-13)14(20)17-16(15(21)22)8-2-9-16/h3-7,10H,2,8-9H2,1H3,(H,17,20)(H,21,22). The van der Waals surface area contributed by atoms with Crippen LogP contribution in [0.25, 0.3) is 5.69 Å². The summed E-state index contributed by atoms with van der Waals surface area (Å²) in [4.78, 5) is 23.5. The first-order valence-corrected chi connectivity index (χ1v) is 7.19. The first-order valence-electron chi connectivity index (χ1n) is 7.19. The number of benzene rings is 1. The Balaban J connectivity index is 1.75. The molecule has 0 aliphatic heterocycles. The number of hydrogen-bond donors (Lipinski definition) is 2. The molecule has 0 bridgehead atoms. The maximum absolute atomic E-state index is 12.2. The maximum atomic E-state index is 12.2. The second kappa shape index (κ2) is 5.29. The molecule has 1 aromatic carbocycles. The molecule has 1 aliphatic rings. The Kier molecular flexibility index (Phi) is 3.44. The van der Waals surface area contributed by atoms with Crippen LogP contribution in [-0.4, -0.2) is 32.3 Å². The van der Waals surface area contributed by atoms with Crippen molar-refractivity contribution in [1.29, 1.82) is 0 Å². The van der Waals surface area contributed by atoms with Gasteiger partial charge in [0.05, 0.1) is 11.4 Å². The van der Waals surface area contributed by atoms with E-state index >= 15 is 0 Å². The van der Waals surface area contributed by atoms with Gasteiger partial charge in [-0.3, -0.25) is 4.79 Å². The molecule has 22 heavy (non-hydrogen) atoms. The summed E-state index contributed by atoms with van der Waals surface area (Å²) >= 11 is 0. The number of aromatic nitrogens is 2. The number of carboxylic acids is 1. The Bertz CT molecular complexity index is 714. The van der Waals surface area contributed by atoms with Crippen LogP contribution in [0.2, 0.25) is 0 Å². The number of aryl methyl sites for hydroxylation is 1. The third-order valence-corrected chi connectivity index (χ3v) is 4.09. The minimum atomic E-state index is -1.09. The summed E-state index contributed by atoms with van der Waals surface area (Å²) in [5.74, 6) is -1.32. The second-order valence-corrected chi connectivity index (χ2v) is 5.64. The molecule has 1 fully saturated rings. The molecule has 2 aromatic rings. The molecule has 6 heteroatoms. The number of aliphatic carboxylic acids is 1. The van der Waals surface area contributed by atoms with Gasteiger partial charge in [0.25, 0.3) is 5.91 Å². The van der Waals surface area contributed by atoms with E-state index in [0.29, 0.717) is 18.4 Å². The van der Waals surface area contributed by atoms with Gasteiger partial charge in [0.15, 0.2) is 0 Å². The van der Waals surface area contributed by atoms with E-state index in [2.05, 4.69) is 10.4 Å². The van der Waals surface area contributed by atoms with Gasteiger partial charge in [-0.1, -0.05) is 0 Å². The van der Waals surface area contributed by atoms with E-state index in [1.54, 1.807) is 28.9 Å². The van der Waals surface area contributed by atoms with Crippen molar-refractivity contribution in [3.8, 4) is 5.69 Å². The van der Waals surface area contributed by atoms with Crippen LogP contribution in [0.15, 0.2) is 36.5 Å². The third kappa shape index (κ3) is 2.47. The predicted octanol–water partition coefficient (Wildman–Crippen LogP) is 1.92. The highest BCUT2D eigenvalue weighted by Gasteiger charge is 2.45. The maximum Gasteiger partial charge on any atom is 0.329 e. The van der Waals surface area contributed by atoms with Gasteiger partial charge >= 0.3 is 5.97 Å². The van der Waals surface area contributed by atoms with Crippen molar-refractivity contribution in [2.75, 3.05) is 0 Å². The van der Waals surface area contributed by atoms with Crippen molar-refractivity contribution >= 4 is 11.9 Å². The molecule has 0 unspecified atom stereocenters. The number of carbonyl (C=O) groups excluding carboxylic acids is 1. The summed E-state index contributed by atoms with van der Waals surface area (Å²) in [5.41, 5.74) is 1.12.